The van der Waals surface area contributed by atoms with Crippen molar-refractivity contribution in [2.45, 2.75) is 151 Å². The highest BCUT2D eigenvalue weighted by atomic mass is 16.3. The lowest BCUT2D eigenvalue weighted by Crippen LogP contribution is -2.53. The van der Waals surface area contributed by atoms with E-state index in [9.17, 15) is 10.2 Å². The molecule has 0 aromatic rings. The van der Waals surface area contributed by atoms with Crippen LogP contribution in [0.3, 0.4) is 0 Å². The van der Waals surface area contributed by atoms with E-state index in [0.29, 0.717) is 10.8 Å². The molecule has 0 amide bonds. The molecular weight excluding hydrogens is 392 g/mol. The molecule has 190 valence electrons. The normalized spacial score (nSPS) is 42.9. The third-order valence-corrected chi connectivity index (χ3v) is 10.4. The lowest BCUT2D eigenvalue weighted by atomic mass is 9.44. The predicted octanol–water partition coefficient (Wildman–Crippen LogP) is 8.39. The highest BCUT2D eigenvalue weighted by Crippen LogP contribution is 2.67. The zero-order valence-electron chi connectivity index (χ0n) is 23.1. The summed E-state index contributed by atoms with van der Waals surface area (Å²) in [6.07, 6.45) is 16.8. The number of aliphatic hydroxyl groups excluding tert-OH is 1. The Labute approximate surface area is 201 Å². The Kier molecular flexibility index (Phi) is 10.2. The van der Waals surface area contributed by atoms with E-state index in [2.05, 4.69) is 13.8 Å². The number of aliphatic hydroxyl groups is 2. The van der Waals surface area contributed by atoms with Crippen LogP contribution in [0.1, 0.15) is 139 Å². The maximum Gasteiger partial charge on any atom is 0.0591 e. The van der Waals surface area contributed by atoms with Gasteiger partial charge in [0.2, 0.25) is 0 Å². The van der Waals surface area contributed by atoms with Gasteiger partial charge < -0.3 is 10.2 Å². The fourth-order valence-corrected chi connectivity index (χ4v) is 8.77. The van der Waals surface area contributed by atoms with Gasteiger partial charge in [0.1, 0.15) is 0 Å². The van der Waals surface area contributed by atoms with Crippen LogP contribution in [-0.2, 0) is 0 Å². The van der Waals surface area contributed by atoms with Gasteiger partial charge in [0, 0.05) is 0 Å². The van der Waals surface area contributed by atoms with Crippen LogP contribution < -0.4 is 0 Å². The Morgan fingerprint density at radius 1 is 0.781 bits per heavy atom. The number of hydrogen-bond acceptors (Lipinski definition) is 2. The van der Waals surface area contributed by atoms with Crippen molar-refractivity contribution >= 4 is 0 Å². The monoisotopic (exact) mass is 450 g/mol. The van der Waals surface area contributed by atoms with Crippen LogP contribution in [0.4, 0.5) is 0 Å². The predicted molar refractivity (Wildman–Crippen MR) is 139 cm³/mol. The van der Waals surface area contributed by atoms with Crippen molar-refractivity contribution in [3.05, 3.63) is 0 Å². The topological polar surface area (TPSA) is 40.5 Å². The van der Waals surface area contributed by atoms with Crippen LogP contribution in [-0.4, -0.2) is 21.9 Å². The van der Waals surface area contributed by atoms with Gasteiger partial charge >= 0.3 is 0 Å². The summed E-state index contributed by atoms with van der Waals surface area (Å²) >= 11 is 0. The molecule has 0 bridgehead atoms. The molecule has 5 unspecified atom stereocenters. The summed E-state index contributed by atoms with van der Waals surface area (Å²) in [6.45, 7) is 17.2. The lowest BCUT2D eigenvalue weighted by molar-refractivity contribution is -0.127. The maximum atomic E-state index is 10.2. The van der Waals surface area contributed by atoms with Crippen molar-refractivity contribution < 1.29 is 10.2 Å². The van der Waals surface area contributed by atoms with Gasteiger partial charge in [-0.25, -0.2) is 0 Å². The largest absolute Gasteiger partial charge is 0.393 e. The Morgan fingerprint density at radius 3 is 2.06 bits per heavy atom. The Morgan fingerprint density at radius 2 is 1.41 bits per heavy atom. The molecule has 0 saturated heterocycles. The first-order valence-corrected chi connectivity index (χ1v) is 14.5. The van der Waals surface area contributed by atoms with Crippen LogP contribution in [0.25, 0.3) is 0 Å². The molecule has 0 radical (unpaired) electrons. The first kappa shape index (κ1) is 28.2. The number of unbranched alkanes of at least 4 members (excludes halogenated alkanes) is 1. The van der Waals surface area contributed by atoms with E-state index in [1.165, 1.54) is 64.2 Å². The minimum atomic E-state index is -0.498. The molecule has 32 heavy (non-hydrogen) atoms. The molecule has 0 heterocycles. The third kappa shape index (κ3) is 5.76. The molecule has 4 saturated carbocycles. The van der Waals surface area contributed by atoms with Gasteiger partial charge in [0.15, 0.2) is 0 Å². The summed E-state index contributed by atoms with van der Waals surface area (Å²) in [4.78, 5) is 0. The molecule has 4 fully saturated rings. The summed E-state index contributed by atoms with van der Waals surface area (Å²) < 4.78 is 0. The number of hydrogen-bond donors (Lipinski definition) is 2. The summed E-state index contributed by atoms with van der Waals surface area (Å²) in [6, 6.07) is 0. The average molecular weight is 451 g/mol. The van der Waals surface area contributed by atoms with Gasteiger partial charge in [-0.2, -0.15) is 0 Å². The molecule has 0 aromatic carbocycles. The molecule has 4 rings (SSSR count). The molecule has 4 aliphatic carbocycles. The molecule has 2 N–H and O–H groups in total. The quantitative estimate of drug-likeness (QED) is 0.413. The van der Waals surface area contributed by atoms with Crippen molar-refractivity contribution in [3.8, 4) is 0 Å². The minimum absolute atomic E-state index is 0.0248. The molecule has 0 spiro atoms. The lowest BCUT2D eigenvalue weighted by Gasteiger charge is -2.61. The second-order valence-electron chi connectivity index (χ2n) is 12.5. The van der Waals surface area contributed by atoms with E-state index in [1.54, 1.807) is 0 Å². The molecule has 2 heteroatoms. The molecule has 2 nitrogen and oxygen atoms in total. The van der Waals surface area contributed by atoms with Crippen LogP contribution in [0.5, 0.6) is 0 Å². The average Bonchev–Trinajstić information content (AvgIpc) is 3.10. The molecular formula is C30H58O2. The Balaban J connectivity index is 0.000000860. The Bertz CT molecular complexity index is 552. The van der Waals surface area contributed by atoms with E-state index in [-0.39, 0.29) is 6.10 Å². The fraction of sp³-hybridized carbons (Fsp3) is 1.00. The highest BCUT2D eigenvalue weighted by molar-refractivity contribution is 5.09. The first-order chi connectivity index (χ1) is 15.1. The van der Waals surface area contributed by atoms with Crippen molar-refractivity contribution in [2.75, 3.05) is 0 Å². The van der Waals surface area contributed by atoms with Gasteiger partial charge in [0.25, 0.3) is 0 Å². The molecule has 8 atom stereocenters. The number of rotatable bonds is 5. The van der Waals surface area contributed by atoms with Gasteiger partial charge in [-0.1, -0.05) is 54.4 Å². The van der Waals surface area contributed by atoms with E-state index >= 15 is 0 Å². The van der Waals surface area contributed by atoms with Gasteiger partial charge in [0.05, 0.1) is 11.7 Å². The van der Waals surface area contributed by atoms with Crippen LogP contribution in [0.15, 0.2) is 0 Å². The zero-order valence-corrected chi connectivity index (χ0v) is 23.1. The molecule has 0 aromatic heterocycles. The van der Waals surface area contributed by atoms with Crippen molar-refractivity contribution in [1.82, 2.24) is 0 Å². The smallest absolute Gasteiger partial charge is 0.0591 e. The highest BCUT2D eigenvalue weighted by Gasteiger charge is 2.59. The van der Waals surface area contributed by atoms with Gasteiger partial charge in [-0.3, -0.25) is 0 Å². The van der Waals surface area contributed by atoms with E-state index in [0.717, 1.165) is 48.9 Å². The standard InChI is InChI=1S/C26H46O2.2C2H6/c1-24(2,28)14-6-5-7-18-9-11-22-21-10-8-19-17-20(27)12-15-26(19,4)23(21)13-16-25(18,22)3;2*1-2/h18-23,27-28H,5-17H2,1-4H3;2*1-2H3/t18?,19?,20-,21-,22?,23?,25+,26?;;/m0../s1. The summed E-state index contributed by atoms with van der Waals surface area (Å²) in [5, 5.41) is 20.2. The molecule has 4 aliphatic rings. The van der Waals surface area contributed by atoms with Crippen molar-refractivity contribution in [2.24, 2.45) is 40.4 Å². The first-order valence-electron chi connectivity index (χ1n) is 14.5. The van der Waals surface area contributed by atoms with E-state index in [4.69, 9.17) is 0 Å². The van der Waals surface area contributed by atoms with E-state index < -0.39 is 5.60 Å². The summed E-state index contributed by atoms with van der Waals surface area (Å²) in [7, 11) is 0. The second-order valence-corrected chi connectivity index (χ2v) is 12.5. The van der Waals surface area contributed by atoms with Crippen molar-refractivity contribution in [1.29, 1.82) is 0 Å². The Hall–Kier alpha value is -0.0800. The van der Waals surface area contributed by atoms with E-state index in [1.807, 2.05) is 41.5 Å². The van der Waals surface area contributed by atoms with Gasteiger partial charge in [-0.15, -0.1) is 0 Å². The third-order valence-electron chi connectivity index (χ3n) is 10.4. The van der Waals surface area contributed by atoms with Crippen LogP contribution in [0.2, 0.25) is 0 Å². The minimum Gasteiger partial charge on any atom is -0.393 e. The van der Waals surface area contributed by atoms with Gasteiger partial charge in [-0.05, 0) is 125 Å². The molecule has 0 aliphatic heterocycles. The maximum absolute atomic E-state index is 10.2. The summed E-state index contributed by atoms with van der Waals surface area (Å²) in [5.74, 6) is 4.53. The summed E-state index contributed by atoms with van der Waals surface area (Å²) in [5.41, 5.74) is 0.587. The second kappa shape index (κ2) is 11.6. The fourth-order valence-electron chi connectivity index (χ4n) is 8.77. The SMILES string of the molecule is CC.CC.CC(C)(O)CCCCC1CCC2[C@@H]3CCC4C[C@@H](O)CCC4(C)C3CC[C@]12C. The zero-order chi connectivity index (χ0) is 24.2. The van der Waals surface area contributed by atoms with Crippen LogP contribution >= 0.6 is 0 Å². The van der Waals surface area contributed by atoms with Crippen molar-refractivity contribution in [3.63, 3.8) is 0 Å². The van der Waals surface area contributed by atoms with Crippen LogP contribution in [0, 0.1) is 40.4 Å². The number of fused-ring (bicyclic) bond motifs is 5.